The SMILES string of the molecule is CC.COc1ccc2ccn(C(=O)[C@@H](C)N(C)C)c2c1.COc1cccc2ccn(C(=O)[C@@H](C)N(C)C)c12. The quantitative estimate of drug-likeness (QED) is 0.333. The van der Waals surface area contributed by atoms with Gasteiger partial charge in [-0.25, -0.2) is 0 Å². The highest BCUT2D eigenvalue weighted by Crippen LogP contribution is 2.27. The summed E-state index contributed by atoms with van der Waals surface area (Å²) in [5.74, 6) is 1.58. The zero-order chi connectivity index (χ0) is 28.6. The minimum Gasteiger partial charge on any atom is -0.497 e. The number of ether oxygens (including phenoxy) is 2. The maximum absolute atomic E-state index is 12.4. The van der Waals surface area contributed by atoms with Crippen molar-refractivity contribution in [3.05, 3.63) is 60.9 Å². The highest BCUT2D eigenvalue weighted by molar-refractivity contribution is 5.97. The van der Waals surface area contributed by atoms with E-state index in [0.717, 1.165) is 33.3 Å². The number of para-hydroxylation sites is 1. The summed E-state index contributed by atoms with van der Waals surface area (Å²) in [6, 6.07) is 15.0. The third-order valence-corrected chi connectivity index (χ3v) is 6.53. The molecule has 8 nitrogen and oxygen atoms in total. The first-order chi connectivity index (χ1) is 18.1. The number of nitrogens with zero attached hydrogens (tertiary/aromatic N) is 4. The normalized spacial score (nSPS) is 12.4. The first-order valence-corrected chi connectivity index (χ1v) is 12.8. The number of rotatable bonds is 6. The summed E-state index contributed by atoms with van der Waals surface area (Å²) in [6.07, 6.45) is 3.61. The Balaban J connectivity index is 0.000000251. The van der Waals surface area contributed by atoms with Crippen molar-refractivity contribution >= 4 is 33.6 Å². The number of methoxy groups -OCH3 is 2. The highest BCUT2D eigenvalue weighted by atomic mass is 16.5. The van der Waals surface area contributed by atoms with E-state index in [1.165, 1.54) is 0 Å². The largest absolute Gasteiger partial charge is 0.497 e. The molecule has 0 bridgehead atoms. The second kappa shape index (κ2) is 13.8. The Labute approximate surface area is 226 Å². The number of aromatic nitrogens is 2. The van der Waals surface area contributed by atoms with Crippen LogP contribution in [0.5, 0.6) is 11.5 Å². The molecule has 0 saturated heterocycles. The number of benzene rings is 2. The summed E-state index contributed by atoms with van der Waals surface area (Å²) < 4.78 is 13.9. The van der Waals surface area contributed by atoms with Crippen LogP contribution in [0, 0.1) is 0 Å². The minimum absolute atomic E-state index is 0.0412. The van der Waals surface area contributed by atoms with E-state index < -0.39 is 0 Å². The molecule has 0 N–H and O–H groups in total. The molecule has 2 aromatic heterocycles. The molecule has 0 radical (unpaired) electrons. The molecule has 4 aromatic rings. The maximum Gasteiger partial charge on any atom is 0.248 e. The van der Waals surface area contributed by atoms with Gasteiger partial charge in [-0.2, -0.15) is 0 Å². The fourth-order valence-electron chi connectivity index (χ4n) is 3.78. The van der Waals surface area contributed by atoms with Gasteiger partial charge in [0.15, 0.2) is 0 Å². The first-order valence-electron chi connectivity index (χ1n) is 12.8. The van der Waals surface area contributed by atoms with Gasteiger partial charge in [0.25, 0.3) is 0 Å². The molecule has 38 heavy (non-hydrogen) atoms. The third kappa shape index (κ3) is 6.62. The molecule has 0 aliphatic rings. The van der Waals surface area contributed by atoms with Crippen molar-refractivity contribution in [3.8, 4) is 11.5 Å². The van der Waals surface area contributed by atoms with Gasteiger partial charge in [-0.3, -0.25) is 28.5 Å². The van der Waals surface area contributed by atoms with Gasteiger partial charge in [-0.15, -0.1) is 0 Å². The van der Waals surface area contributed by atoms with Crippen LogP contribution in [0.4, 0.5) is 0 Å². The van der Waals surface area contributed by atoms with Crippen molar-refractivity contribution in [2.24, 2.45) is 0 Å². The Morgan fingerprint density at radius 1 is 0.737 bits per heavy atom. The lowest BCUT2D eigenvalue weighted by Gasteiger charge is -2.19. The third-order valence-electron chi connectivity index (χ3n) is 6.53. The van der Waals surface area contributed by atoms with Gasteiger partial charge in [0.1, 0.15) is 11.5 Å². The number of carbonyl (C=O) groups is 2. The average molecular weight is 523 g/mol. The van der Waals surface area contributed by atoms with E-state index in [2.05, 4.69) is 0 Å². The Morgan fingerprint density at radius 2 is 1.29 bits per heavy atom. The standard InChI is InChI=1S/2C14H18N2O2.C2H6/c1-10(15(2)3)14(17)16-8-7-11-5-6-12(18-4)9-13(11)16;1-10(15(2)3)14(17)16-9-8-11-6-5-7-12(18-4)13(11)16;1-2/h2*5-10H,1-4H3;1-2H3/t2*10-;/m11./s1. The number of likely N-dealkylation sites (N-methyl/N-ethyl adjacent to an activating group) is 2. The van der Waals surface area contributed by atoms with Crippen molar-refractivity contribution in [1.82, 2.24) is 18.9 Å². The summed E-state index contributed by atoms with van der Waals surface area (Å²) in [5.41, 5.74) is 1.71. The molecule has 0 aliphatic carbocycles. The monoisotopic (exact) mass is 522 g/mol. The molecule has 0 unspecified atom stereocenters. The van der Waals surface area contributed by atoms with E-state index in [-0.39, 0.29) is 23.9 Å². The van der Waals surface area contributed by atoms with Crippen LogP contribution in [0.2, 0.25) is 0 Å². The first kappa shape index (κ1) is 30.6. The molecule has 0 saturated carbocycles. The summed E-state index contributed by atoms with van der Waals surface area (Å²) in [7, 11) is 10.8. The summed E-state index contributed by atoms with van der Waals surface area (Å²) in [4.78, 5) is 28.5. The van der Waals surface area contributed by atoms with E-state index in [0.29, 0.717) is 0 Å². The molecule has 2 atom stereocenters. The number of hydrogen-bond donors (Lipinski definition) is 0. The lowest BCUT2D eigenvalue weighted by atomic mass is 10.2. The van der Waals surface area contributed by atoms with Crippen LogP contribution in [0.3, 0.4) is 0 Å². The second-order valence-corrected chi connectivity index (χ2v) is 9.15. The molecule has 4 rings (SSSR count). The van der Waals surface area contributed by atoms with Crippen LogP contribution < -0.4 is 9.47 Å². The van der Waals surface area contributed by atoms with E-state index >= 15 is 0 Å². The molecule has 0 spiro atoms. The molecule has 0 amide bonds. The van der Waals surface area contributed by atoms with Crippen molar-refractivity contribution in [3.63, 3.8) is 0 Å². The van der Waals surface area contributed by atoms with Crippen LogP contribution >= 0.6 is 0 Å². The Hall–Kier alpha value is -3.62. The average Bonchev–Trinajstić information content (AvgIpc) is 3.56. The lowest BCUT2D eigenvalue weighted by molar-refractivity contribution is 0.0801. The van der Waals surface area contributed by atoms with Gasteiger partial charge < -0.3 is 9.47 Å². The molecule has 0 aliphatic heterocycles. The van der Waals surface area contributed by atoms with Crippen molar-refractivity contribution in [2.75, 3.05) is 42.4 Å². The fourth-order valence-corrected chi connectivity index (χ4v) is 3.78. The Kier molecular flexibility index (Phi) is 11.1. The van der Waals surface area contributed by atoms with Crippen LogP contribution in [-0.2, 0) is 0 Å². The maximum atomic E-state index is 12.4. The van der Waals surface area contributed by atoms with E-state index in [1.807, 2.05) is 120 Å². The fraction of sp³-hybridized carbons (Fsp3) is 0.400. The summed E-state index contributed by atoms with van der Waals surface area (Å²) >= 11 is 0. The van der Waals surface area contributed by atoms with Gasteiger partial charge in [-0.05, 0) is 72.4 Å². The number of fused-ring (bicyclic) bond motifs is 2. The van der Waals surface area contributed by atoms with Crippen LogP contribution in [0.1, 0.15) is 37.3 Å². The predicted octanol–water partition coefficient (Wildman–Crippen LogP) is 5.51. The van der Waals surface area contributed by atoms with Crippen LogP contribution in [-0.4, -0.2) is 85.2 Å². The van der Waals surface area contributed by atoms with Crippen LogP contribution in [0.15, 0.2) is 60.9 Å². The van der Waals surface area contributed by atoms with Gasteiger partial charge in [-0.1, -0.05) is 26.0 Å². The Morgan fingerprint density at radius 3 is 1.84 bits per heavy atom. The topological polar surface area (TPSA) is 68.9 Å². The minimum atomic E-state index is -0.175. The molecular weight excluding hydrogens is 480 g/mol. The molecule has 8 heteroatoms. The highest BCUT2D eigenvalue weighted by Gasteiger charge is 2.20. The molecule has 0 fully saturated rings. The lowest BCUT2D eigenvalue weighted by Crippen LogP contribution is -2.36. The summed E-state index contributed by atoms with van der Waals surface area (Å²) in [6.45, 7) is 7.79. The summed E-state index contributed by atoms with van der Waals surface area (Å²) in [5, 5.41) is 2.05. The van der Waals surface area contributed by atoms with Gasteiger partial charge in [0.2, 0.25) is 11.8 Å². The Bertz CT molecular complexity index is 1350. The predicted molar refractivity (Wildman–Crippen MR) is 156 cm³/mol. The number of hydrogen-bond acceptors (Lipinski definition) is 6. The van der Waals surface area contributed by atoms with E-state index in [9.17, 15) is 9.59 Å². The molecule has 2 aromatic carbocycles. The van der Waals surface area contributed by atoms with E-state index in [1.54, 1.807) is 29.6 Å². The molecule has 206 valence electrons. The number of carbonyl (C=O) groups excluding carboxylic acids is 2. The van der Waals surface area contributed by atoms with Gasteiger partial charge in [0, 0.05) is 29.2 Å². The molecule has 2 heterocycles. The zero-order valence-electron chi connectivity index (χ0n) is 24.4. The van der Waals surface area contributed by atoms with Gasteiger partial charge >= 0.3 is 0 Å². The second-order valence-electron chi connectivity index (χ2n) is 9.15. The van der Waals surface area contributed by atoms with Crippen molar-refractivity contribution < 1.29 is 19.1 Å². The van der Waals surface area contributed by atoms with E-state index in [4.69, 9.17) is 9.47 Å². The van der Waals surface area contributed by atoms with Crippen molar-refractivity contribution in [1.29, 1.82) is 0 Å². The smallest absolute Gasteiger partial charge is 0.248 e. The zero-order valence-corrected chi connectivity index (χ0v) is 24.4. The van der Waals surface area contributed by atoms with Crippen molar-refractivity contribution in [2.45, 2.75) is 39.8 Å². The molecular formula is C30H42N4O4. The van der Waals surface area contributed by atoms with Crippen LogP contribution in [0.25, 0.3) is 21.8 Å². The van der Waals surface area contributed by atoms with Gasteiger partial charge in [0.05, 0.1) is 37.3 Å².